The van der Waals surface area contributed by atoms with Gasteiger partial charge in [0, 0.05) is 11.8 Å². The molecule has 0 unspecified atom stereocenters. The summed E-state index contributed by atoms with van der Waals surface area (Å²) < 4.78 is 0. The second-order valence-corrected chi connectivity index (χ2v) is 6.81. The molecule has 0 saturated heterocycles. The summed E-state index contributed by atoms with van der Waals surface area (Å²) in [7, 11) is 0. The normalized spacial score (nSPS) is 13.6. The van der Waals surface area contributed by atoms with Gasteiger partial charge in [-0.1, -0.05) is 67.2 Å². The van der Waals surface area contributed by atoms with Crippen LogP contribution in [-0.2, 0) is 0 Å². The standard InChI is InChI=1S/C17H36O2/c1-7-14(8-2)11-12-16(5,6)17(18,19)13-15(9-3)10-4/h14-15,18-19H,7-13H2,1-6H3. The van der Waals surface area contributed by atoms with Crippen molar-refractivity contribution in [3.8, 4) is 0 Å². The Morgan fingerprint density at radius 3 is 1.58 bits per heavy atom. The largest absolute Gasteiger partial charge is 0.365 e. The molecule has 0 spiro atoms. The van der Waals surface area contributed by atoms with Crippen molar-refractivity contribution in [2.75, 3.05) is 0 Å². The number of hydrogen-bond acceptors (Lipinski definition) is 2. The quantitative estimate of drug-likeness (QED) is 0.564. The van der Waals surface area contributed by atoms with Crippen LogP contribution in [0.15, 0.2) is 0 Å². The molecule has 2 nitrogen and oxygen atoms in total. The minimum absolute atomic E-state index is 0.405. The molecule has 116 valence electrons. The molecule has 0 aliphatic carbocycles. The van der Waals surface area contributed by atoms with Gasteiger partial charge < -0.3 is 10.2 Å². The smallest absolute Gasteiger partial charge is 0.167 e. The summed E-state index contributed by atoms with van der Waals surface area (Å²) in [5.74, 6) is -0.430. The van der Waals surface area contributed by atoms with Crippen LogP contribution in [0.4, 0.5) is 0 Å². The molecule has 19 heavy (non-hydrogen) atoms. The van der Waals surface area contributed by atoms with E-state index in [1.54, 1.807) is 0 Å². The van der Waals surface area contributed by atoms with Crippen LogP contribution < -0.4 is 0 Å². The fourth-order valence-electron chi connectivity index (χ4n) is 2.72. The SMILES string of the molecule is CCC(CC)CCC(C)(C)C(O)(O)CC(CC)CC. The maximum absolute atomic E-state index is 10.5. The van der Waals surface area contributed by atoms with E-state index in [1.807, 2.05) is 13.8 Å². The average Bonchev–Trinajstić information content (AvgIpc) is 2.36. The van der Waals surface area contributed by atoms with Crippen molar-refractivity contribution < 1.29 is 10.2 Å². The molecule has 0 aromatic carbocycles. The van der Waals surface area contributed by atoms with Gasteiger partial charge in [0.05, 0.1) is 0 Å². The first kappa shape index (κ1) is 18.9. The van der Waals surface area contributed by atoms with Crippen molar-refractivity contribution in [2.24, 2.45) is 17.3 Å². The predicted octanol–water partition coefficient (Wildman–Crippen LogP) is 4.74. The molecule has 0 heterocycles. The van der Waals surface area contributed by atoms with Gasteiger partial charge >= 0.3 is 0 Å². The van der Waals surface area contributed by atoms with Crippen LogP contribution in [0.3, 0.4) is 0 Å². The predicted molar refractivity (Wildman–Crippen MR) is 82.9 cm³/mol. The van der Waals surface area contributed by atoms with Crippen LogP contribution in [0.25, 0.3) is 0 Å². The van der Waals surface area contributed by atoms with E-state index >= 15 is 0 Å². The van der Waals surface area contributed by atoms with Crippen molar-refractivity contribution in [1.29, 1.82) is 0 Å². The first-order valence-electron chi connectivity index (χ1n) is 8.18. The zero-order valence-electron chi connectivity index (χ0n) is 14.0. The third-order valence-electron chi connectivity index (χ3n) is 5.14. The first-order valence-corrected chi connectivity index (χ1v) is 8.18. The molecule has 0 radical (unpaired) electrons. The Labute approximate surface area is 120 Å². The molecule has 0 rings (SSSR count). The maximum atomic E-state index is 10.5. The fourth-order valence-corrected chi connectivity index (χ4v) is 2.72. The van der Waals surface area contributed by atoms with Crippen LogP contribution in [0, 0.1) is 17.3 Å². The molecule has 0 amide bonds. The van der Waals surface area contributed by atoms with Crippen molar-refractivity contribution in [1.82, 2.24) is 0 Å². The van der Waals surface area contributed by atoms with E-state index in [2.05, 4.69) is 27.7 Å². The minimum atomic E-state index is -1.55. The van der Waals surface area contributed by atoms with E-state index in [0.29, 0.717) is 18.3 Å². The van der Waals surface area contributed by atoms with Crippen molar-refractivity contribution >= 4 is 0 Å². The highest BCUT2D eigenvalue weighted by molar-refractivity contribution is 4.86. The van der Waals surface area contributed by atoms with Crippen LogP contribution in [0.1, 0.15) is 86.5 Å². The minimum Gasteiger partial charge on any atom is -0.365 e. The molecule has 2 N–H and O–H groups in total. The lowest BCUT2D eigenvalue weighted by atomic mass is 9.73. The first-order chi connectivity index (χ1) is 8.74. The van der Waals surface area contributed by atoms with E-state index < -0.39 is 11.2 Å². The third kappa shape index (κ3) is 5.83. The summed E-state index contributed by atoms with van der Waals surface area (Å²) in [4.78, 5) is 0. The summed E-state index contributed by atoms with van der Waals surface area (Å²) in [6, 6.07) is 0. The lowest BCUT2D eigenvalue weighted by Crippen LogP contribution is -2.46. The van der Waals surface area contributed by atoms with Gasteiger partial charge in [-0.15, -0.1) is 0 Å². The molecular formula is C17H36O2. The van der Waals surface area contributed by atoms with Crippen LogP contribution >= 0.6 is 0 Å². The van der Waals surface area contributed by atoms with Gasteiger partial charge in [-0.2, -0.15) is 0 Å². The second-order valence-electron chi connectivity index (χ2n) is 6.81. The molecule has 0 bridgehead atoms. The number of rotatable bonds is 10. The molecule has 0 aliphatic heterocycles. The van der Waals surface area contributed by atoms with E-state index in [0.717, 1.165) is 25.7 Å². The van der Waals surface area contributed by atoms with Crippen LogP contribution in [0.2, 0.25) is 0 Å². The van der Waals surface area contributed by atoms with Crippen LogP contribution in [-0.4, -0.2) is 16.0 Å². The Morgan fingerprint density at radius 1 is 0.789 bits per heavy atom. The zero-order chi connectivity index (χ0) is 15.1. The zero-order valence-corrected chi connectivity index (χ0v) is 14.0. The Bertz CT molecular complexity index is 225. The van der Waals surface area contributed by atoms with Gasteiger partial charge in [0.25, 0.3) is 0 Å². The summed E-state index contributed by atoms with van der Waals surface area (Å²) in [5, 5.41) is 21.0. The van der Waals surface area contributed by atoms with Gasteiger partial charge in [0.1, 0.15) is 0 Å². The Balaban J connectivity index is 4.57. The topological polar surface area (TPSA) is 40.5 Å². The summed E-state index contributed by atoms with van der Waals surface area (Å²) in [5.41, 5.74) is -0.432. The molecule has 0 aliphatic rings. The molecule has 0 saturated carbocycles. The highest BCUT2D eigenvalue weighted by Crippen LogP contribution is 2.40. The lowest BCUT2D eigenvalue weighted by molar-refractivity contribution is -0.246. The van der Waals surface area contributed by atoms with Gasteiger partial charge in [0.15, 0.2) is 5.79 Å². The number of hydrogen-bond donors (Lipinski definition) is 2. The highest BCUT2D eigenvalue weighted by atomic mass is 16.5. The van der Waals surface area contributed by atoms with Crippen molar-refractivity contribution in [3.05, 3.63) is 0 Å². The molecule has 0 aromatic heterocycles. The van der Waals surface area contributed by atoms with Crippen LogP contribution in [0.5, 0.6) is 0 Å². The third-order valence-corrected chi connectivity index (χ3v) is 5.14. The Kier molecular flexibility index (Phi) is 8.23. The molecular weight excluding hydrogens is 236 g/mol. The summed E-state index contributed by atoms with van der Waals surface area (Å²) in [6.45, 7) is 12.7. The monoisotopic (exact) mass is 272 g/mol. The summed E-state index contributed by atoms with van der Waals surface area (Å²) >= 11 is 0. The maximum Gasteiger partial charge on any atom is 0.167 e. The van der Waals surface area contributed by atoms with Gasteiger partial charge in [-0.05, 0) is 24.7 Å². The van der Waals surface area contributed by atoms with E-state index in [9.17, 15) is 10.2 Å². The Morgan fingerprint density at radius 2 is 1.21 bits per heavy atom. The van der Waals surface area contributed by atoms with E-state index in [-0.39, 0.29) is 0 Å². The van der Waals surface area contributed by atoms with E-state index in [1.165, 1.54) is 12.8 Å². The summed E-state index contributed by atoms with van der Waals surface area (Å²) in [6.07, 6.45) is 6.87. The second kappa shape index (κ2) is 8.26. The lowest BCUT2D eigenvalue weighted by Gasteiger charge is -2.41. The molecule has 0 atom stereocenters. The van der Waals surface area contributed by atoms with Gasteiger partial charge in [0.2, 0.25) is 0 Å². The van der Waals surface area contributed by atoms with Crippen molar-refractivity contribution in [2.45, 2.75) is 92.3 Å². The Hall–Kier alpha value is -0.0800. The van der Waals surface area contributed by atoms with Gasteiger partial charge in [-0.25, -0.2) is 0 Å². The van der Waals surface area contributed by atoms with E-state index in [4.69, 9.17) is 0 Å². The van der Waals surface area contributed by atoms with Gasteiger partial charge in [-0.3, -0.25) is 0 Å². The van der Waals surface area contributed by atoms with Crippen molar-refractivity contribution in [3.63, 3.8) is 0 Å². The number of aliphatic hydroxyl groups is 2. The fraction of sp³-hybridized carbons (Fsp3) is 1.00. The average molecular weight is 272 g/mol. The molecule has 2 heteroatoms. The molecule has 0 aromatic rings. The highest BCUT2D eigenvalue weighted by Gasteiger charge is 2.42. The molecule has 0 fully saturated rings.